The number of piperidine rings is 1. The van der Waals surface area contributed by atoms with Gasteiger partial charge in [-0.1, -0.05) is 49.7 Å². The Morgan fingerprint density at radius 2 is 1.70 bits per heavy atom. The maximum Gasteiger partial charge on any atom is 0.253 e. The van der Waals surface area contributed by atoms with Crippen molar-refractivity contribution in [3.05, 3.63) is 57.4 Å². The molecular weight excluding hydrogens is 596 g/mol. The quantitative estimate of drug-likeness (QED) is 0.174. The number of amidine groups is 1. The average Bonchev–Trinajstić information content (AvgIpc) is 3.94. The van der Waals surface area contributed by atoms with Crippen LogP contribution in [0, 0.1) is 23.2 Å². The number of nitrogens with zero attached hydrogens (tertiary/aromatic N) is 3. The number of hydrogen-bond donors (Lipinski definition) is 3. The van der Waals surface area contributed by atoms with Crippen LogP contribution in [0.1, 0.15) is 71.3 Å². The highest BCUT2D eigenvalue weighted by molar-refractivity contribution is 7.14. The van der Waals surface area contributed by atoms with Crippen molar-refractivity contribution in [1.82, 2.24) is 10.2 Å². The summed E-state index contributed by atoms with van der Waals surface area (Å²) in [5.41, 5.74) is 14.3. The van der Waals surface area contributed by atoms with E-state index in [1.54, 1.807) is 6.92 Å². The normalized spacial score (nSPS) is 18.1. The third-order valence-electron chi connectivity index (χ3n) is 7.87. The van der Waals surface area contributed by atoms with Gasteiger partial charge in [0.2, 0.25) is 0 Å². The number of thiophene rings is 1. The fraction of sp³-hybridized carbons (Fsp3) is 0.485. The van der Waals surface area contributed by atoms with Gasteiger partial charge in [-0.3, -0.25) is 19.3 Å². The molecule has 3 fully saturated rings. The molecule has 0 radical (unpaired) electrons. The first-order valence-corrected chi connectivity index (χ1v) is 16.4. The molecule has 1 aliphatic heterocycles. The number of nitrogens with two attached hydrogens (primary N) is 2. The molecule has 2 saturated carbocycles. The van der Waals surface area contributed by atoms with Crippen molar-refractivity contribution in [2.45, 2.75) is 77.8 Å². The van der Waals surface area contributed by atoms with Gasteiger partial charge in [-0.05, 0) is 68.2 Å². The fourth-order valence-electron chi connectivity index (χ4n) is 4.77. The van der Waals surface area contributed by atoms with Crippen LogP contribution >= 0.6 is 22.9 Å². The minimum absolute atomic E-state index is 0.0456. The first kappa shape index (κ1) is 35.0. The third-order valence-corrected chi connectivity index (χ3v) is 8.96. The van der Waals surface area contributed by atoms with Crippen molar-refractivity contribution < 1.29 is 14.4 Å². The van der Waals surface area contributed by atoms with Crippen molar-refractivity contribution in [1.29, 1.82) is 5.26 Å². The Labute approximate surface area is 269 Å². The predicted molar refractivity (Wildman–Crippen MR) is 177 cm³/mol. The molecule has 1 aromatic heterocycles. The summed E-state index contributed by atoms with van der Waals surface area (Å²) in [5, 5.41) is 14.7. The Morgan fingerprint density at radius 1 is 1.09 bits per heavy atom. The summed E-state index contributed by atoms with van der Waals surface area (Å²) in [4.78, 5) is 40.3. The molecule has 0 atom stereocenters. The number of ketones is 1. The smallest absolute Gasteiger partial charge is 0.253 e. The van der Waals surface area contributed by atoms with Crippen LogP contribution in [0.25, 0.3) is 11.1 Å². The maximum absolute atomic E-state index is 12.0. The zero-order valence-corrected chi connectivity index (χ0v) is 27.3. The summed E-state index contributed by atoms with van der Waals surface area (Å²) >= 11 is 7.57. The number of carbonyl (C=O) groups excluding carboxylic acids is 3. The SMILES string of the molecule is CC.CC(=O)C1CC1.N#CCC1(N/C=C(/C(N)=O)C(N)=NC(=O)C2CC2)CCN(Cc2ccc(-c3csc(Cl)c3)cc2)CC1. The van der Waals surface area contributed by atoms with Gasteiger partial charge in [-0.25, -0.2) is 0 Å². The lowest BCUT2D eigenvalue weighted by molar-refractivity contribution is -0.119. The number of halogens is 1. The van der Waals surface area contributed by atoms with E-state index in [1.165, 1.54) is 23.1 Å². The van der Waals surface area contributed by atoms with Crippen molar-refractivity contribution in [3.63, 3.8) is 0 Å². The summed E-state index contributed by atoms with van der Waals surface area (Å²) in [6.07, 6.45) is 6.96. The van der Waals surface area contributed by atoms with Gasteiger partial charge in [0.1, 0.15) is 11.6 Å². The van der Waals surface area contributed by atoms with E-state index in [2.05, 4.69) is 45.5 Å². The van der Waals surface area contributed by atoms with E-state index in [0.29, 0.717) is 24.5 Å². The molecule has 0 spiro atoms. The number of hydrogen-bond acceptors (Lipinski definition) is 7. The second-order valence-electron chi connectivity index (χ2n) is 11.3. The lowest BCUT2D eigenvalue weighted by Crippen LogP contribution is -2.51. The molecule has 11 heteroatoms. The molecule has 2 heterocycles. The number of benzene rings is 1. The Bertz CT molecular complexity index is 1400. The number of rotatable bonds is 10. The lowest BCUT2D eigenvalue weighted by atomic mass is 9.84. The van der Waals surface area contributed by atoms with Gasteiger partial charge in [-0.2, -0.15) is 10.3 Å². The van der Waals surface area contributed by atoms with Gasteiger partial charge in [0, 0.05) is 43.1 Å². The predicted octanol–water partition coefficient (Wildman–Crippen LogP) is 5.58. The van der Waals surface area contributed by atoms with E-state index in [0.717, 1.165) is 60.8 Å². The molecule has 1 saturated heterocycles. The molecule has 2 amide bonds. The minimum Gasteiger partial charge on any atom is -0.384 e. The van der Waals surface area contributed by atoms with Crippen LogP contribution in [0.4, 0.5) is 0 Å². The van der Waals surface area contributed by atoms with Gasteiger partial charge in [0.15, 0.2) is 0 Å². The zero-order chi connectivity index (χ0) is 32.3. The number of nitriles is 1. The first-order valence-electron chi connectivity index (χ1n) is 15.2. The summed E-state index contributed by atoms with van der Waals surface area (Å²) in [7, 11) is 0. The third kappa shape index (κ3) is 10.6. The number of amides is 2. The van der Waals surface area contributed by atoms with Gasteiger partial charge in [0.05, 0.1) is 27.9 Å². The molecule has 2 aromatic rings. The van der Waals surface area contributed by atoms with Crippen molar-refractivity contribution >= 4 is 46.4 Å². The molecule has 44 heavy (non-hydrogen) atoms. The fourth-order valence-corrected chi connectivity index (χ4v) is 5.66. The summed E-state index contributed by atoms with van der Waals surface area (Å²) in [6, 6.07) is 12.7. The number of aliphatic imine (C=N–C) groups is 1. The molecule has 5 N–H and O–H groups in total. The molecule has 0 unspecified atom stereocenters. The summed E-state index contributed by atoms with van der Waals surface area (Å²) in [6.45, 7) is 8.02. The number of nitrogens with one attached hydrogen (secondary N) is 1. The molecule has 236 valence electrons. The van der Waals surface area contributed by atoms with Crippen LogP contribution in [-0.4, -0.2) is 47.0 Å². The highest BCUT2D eigenvalue weighted by Gasteiger charge is 2.34. The van der Waals surface area contributed by atoms with Crippen LogP contribution in [0.2, 0.25) is 4.34 Å². The van der Waals surface area contributed by atoms with Crippen molar-refractivity contribution in [2.75, 3.05) is 13.1 Å². The number of likely N-dealkylation sites (tertiary alicyclic amines) is 1. The highest BCUT2D eigenvalue weighted by atomic mass is 35.5. The summed E-state index contributed by atoms with van der Waals surface area (Å²) < 4.78 is 0.774. The van der Waals surface area contributed by atoms with E-state index < -0.39 is 11.4 Å². The average molecular weight is 639 g/mol. The van der Waals surface area contributed by atoms with Gasteiger partial charge >= 0.3 is 0 Å². The van der Waals surface area contributed by atoms with E-state index in [-0.39, 0.29) is 29.7 Å². The Balaban J connectivity index is 0.000000582. The van der Waals surface area contributed by atoms with Crippen molar-refractivity contribution in [3.8, 4) is 17.2 Å². The van der Waals surface area contributed by atoms with E-state index >= 15 is 0 Å². The highest BCUT2D eigenvalue weighted by Crippen LogP contribution is 2.31. The summed E-state index contributed by atoms with van der Waals surface area (Å²) in [5.74, 6) is -0.563. The molecular formula is C33H43ClN6O3S. The molecule has 3 aliphatic rings. The molecule has 1 aromatic carbocycles. The Morgan fingerprint density at radius 3 is 2.16 bits per heavy atom. The van der Waals surface area contributed by atoms with Gasteiger partial charge < -0.3 is 16.8 Å². The largest absolute Gasteiger partial charge is 0.384 e. The van der Waals surface area contributed by atoms with Crippen LogP contribution in [0.15, 0.2) is 52.5 Å². The Kier molecular flexibility index (Phi) is 13.1. The topological polar surface area (TPSA) is 155 Å². The maximum atomic E-state index is 12.0. The number of carbonyl (C=O) groups is 3. The van der Waals surface area contributed by atoms with Gasteiger partial charge in [-0.15, -0.1) is 11.3 Å². The van der Waals surface area contributed by atoms with Crippen LogP contribution in [0.5, 0.6) is 0 Å². The Hall–Kier alpha value is -3.52. The monoisotopic (exact) mass is 638 g/mol. The van der Waals surface area contributed by atoms with Crippen LogP contribution in [0.3, 0.4) is 0 Å². The minimum atomic E-state index is -0.773. The second-order valence-corrected chi connectivity index (χ2v) is 12.8. The first-order chi connectivity index (χ1) is 21.1. The van der Waals surface area contributed by atoms with E-state index in [9.17, 15) is 19.6 Å². The van der Waals surface area contributed by atoms with Crippen LogP contribution in [-0.2, 0) is 20.9 Å². The van der Waals surface area contributed by atoms with E-state index in [1.807, 2.05) is 25.3 Å². The lowest BCUT2D eigenvalue weighted by Gasteiger charge is -2.41. The molecule has 2 aliphatic carbocycles. The molecule has 5 rings (SSSR count). The second kappa shape index (κ2) is 16.5. The molecule has 0 bridgehead atoms. The van der Waals surface area contributed by atoms with Crippen LogP contribution < -0.4 is 16.8 Å². The number of primary amides is 1. The zero-order valence-electron chi connectivity index (χ0n) is 25.8. The van der Waals surface area contributed by atoms with Crippen molar-refractivity contribution in [2.24, 2.45) is 28.3 Å². The van der Waals surface area contributed by atoms with Gasteiger partial charge in [0.25, 0.3) is 11.8 Å². The van der Waals surface area contributed by atoms with E-state index in [4.69, 9.17) is 23.1 Å². The number of Topliss-reactive ketones (excluding diaryl/α,β-unsaturated/α-hetero) is 1. The standard InChI is InChI=1S/C26H29ClN6O2S.C5H8O.C2H6/c27-22-13-20(16-36-22)18-3-1-17(2-4-18)15-33-11-8-26(7-10-28,9-12-33)31-14-21(24(30)34)23(29)32-25(35)19-5-6-19;1-4(6)5-2-3-5;1-2/h1-4,13-14,16,19,31H,5-9,11-12,15H2,(H2,30,34)(H2,29,32,35);5H,2-3H2,1H3;1-2H3/b21-14+;;. The molecule has 9 nitrogen and oxygen atoms in total.